The molecule has 118 valence electrons. The number of nitro benzene ring substituents is 1. The van der Waals surface area contributed by atoms with Gasteiger partial charge in [-0.1, -0.05) is 13.3 Å². The molecule has 0 heterocycles. The summed E-state index contributed by atoms with van der Waals surface area (Å²) < 4.78 is 0. The lowest BCUT2D eigenvalue weighted by Crippen LogP contribution is -2.38. The molecule has 1 rings (SSSR count). The van der Waals surface area contributed by atoms with Gasteiger partial charge in [0.25, 0.3) is 5.69 Å². The number of aromatic hydroxyl groups is 1. The number of nitrogens with zero attached hydrogens (tertiary/aromatic N) is 2. The topological polar surface area (TPSA) is 134 Å². The van der Waals surface area contributed by atoms with E-state index in [4.69, 9.17) is 0 Å². The Morgan fingerprint density at radius 3 is 2.77 bits per heavy atom. The van der Waals surface area contributed by atoms with Gasteiger partial charge in [0.1, 0.15) is 5.75 Å². The second-order valence-corrected chi connectivity index (χ2v) is 4.31. The zero-order valence-corrected chi connectivity index (χ0v) is 11.9. The Morgan fingerprint density at radius 1 is 1.41 bits per heavy atom. The number of rotatable bonds is 6. The number of carbonyl (C=O) groups excluding carboxylic acids is 2. The molecule has 9 heteroatoms. The molecule has 0 fully saturated rings. The number of hydrogen-bond acceptors (Lipinski definition) is 6. The van der Waals surface area contributed by atoms with Crippen LogP contribution < -0.4 is 10.7 Å². The van der Waals surface area contributed by atoms with E-state index >= 15 is 0 Å². The molecule has 2 amide bonds. The Kier molecular flexibility index (Phi) is 6.48. The summed E-state index contributed by atoms with van der Waals surface area (Å²) >= 11 is 0. The number of phenolic OH excluding ortho intramolecular Hbond substituents is 1. The Hall–Kier alpha value is -2.97. The Balaban J connectivity index is 2.62. The third kappa shape index (κ3) is 5.19. The fourth-order valence-electron chi connectivity index (χ4n) is 1.43. The molecular formula is C13H16N4O5. The van der Waals surface area contributed by atoms with Gasteiger partial charge in [-0.15, -0.1) is 0 Å². The normalized spacial score (nSPS) is 10.4. The number of unbranched alkanes of at least 4 members (excludes halogenated alkanes) is 1. The average Bonchev–Trinajstić information content (AvgIpc) is 2.48. The van der Waals surface area contributed by atoms with Crippen molar-refractivity contribution in [1.82, 2.24) is 10.7 Å². The zero-order valence-electron chi connectivity index (χ0n) is 11.9. The molecule has 0 spiro atoms. The number of carbonyl (C=O) groups is 2. The van der Waals surface area contributed by atoms with Crippen molar-refractivity contribution in [2.75, 3.05) is 6.54 Å². The van der Waals surface area contributed by atoms with Crippen molar-refractivity contribution in [3.8, 4) is 5.75 Å². The van der Waals surface area contributed by atoms with Crippen molar-refractivity contribution in [2.45, 2.75) is 19.8 Å². The molecule has 3 N–H and O–H groups in total. The van der Waals surface area contributed by atoms with Crippen LogP contribution >= 0.6 is 0 Å². The van der Waals surface area contributed by atoms with E-state index in [2.05, 4.69) is 10.4 Å². The van der Waals surface area contributed by atoms with Crippen LogP contribution in [0.1, 0.15) is 25.3 Å². The number of amides is 2. The van der Waals surface area contributed by atoms with E-state index in [-0.39, 0.29) is 17.0 Å². The van der Waals surface area contributed by atoms with E-state index in [1.165, 1.54) is 0 Å². The van der Waals surface area contributed by atoms with E-state index in [0.29, 0.717) is 6.54 Å². The summed E-state index contributed by atoms with van der Waals surface area (Å²) in [6.07, 6.45) is 2.65. The first-order valence-corrected chi connectivity index (χ1v) is 6.54. The molecule has 0 aromatic heterocycles. The summed E-state index contributed by atoms with van der Waals surface area (Å²) in [6, 6.07) is 3.36. The molecule has 0 aliphatic carbocycles. The van der Waals surface area contributed by atoms with E-state index in [9.17, 15) is 24.8 Å². The molecule has 0 unspecified atom stereocenters. The van der Waals surface area contributed by atoms with Crippen LogP contribution in [0, 0.1) is 10.1 Å². The molecule has 0 saturated carbocycles. The molecule has 9 nitrogen and oxygen atoms in total. The Morgan fingerprint density at radius 2 is 2.14 bits per heavy atom. The number of hydrogen-bond donors (Lipinski definition) is 3. The van der Waals surface area contributed by atoms with Gasteiger partial charge in [-0.2, -0.15) is 5.10 Å². The first kappa shape index (κ1) is 17.1. The van der Waals surface area contributed by atoms with Gasteiger partial charge in [0.05, 0.1) is 11.1 Å². The zero-order chi connectivity index (χ0) is 16.5. The Labute approximate surface area is 126 Å². The summed E-state index contributed by atoms with van der Waals surface area (Å²) in [5.41, 5.74) is 1.78. The first-order valence-electron chi connectivity index (χ1n) is 6.54. The molecule has 0 aliphatic rings. The number of phenols is 1. The van der Waals surface area contributed by atoms with Crippen LogP contribution in [-0.4, -0.2) is 34.6 Å². The van der Waals surface area contributed by atoms with E-state index < -0.39 is 16.7 Å². The molecule has 0 radical (unpaired) electrons. The second-order valence-electron chi connectivity index (χ2n) is 4.31. The smallest absolute Gasteiger partial charge is 0.329 e. The number of nitrogens with one attached hydrogen (secondary N) is 2. The largest absolute Gasteiger partial charge is 0.507 e. The van der Waals surface area contributed by atoms with Gasteiger partial charge in [0.2, 0.25) is 0 Å². The predicted molar refractivity (Wildman–Crippen MR) is 78.4 cm³/mol. The molecule has 0 aliphatic heterocycles. The monoisotopic (exact) mass is 308 g/mol. The lowest BCUT2D eigenvalue weighted by molar-refractivity contribution is -0.384. The van der Waals surface area contributed by atoms with Crippen LogP contribution in [0.4, 0.5) is 5.69 Å². The quantitative estimate of drug-likeness (QED) is 0.233. The van der Waals surface area contributed by atoms with Crippen LogP contribution in [0.25, 0.3) is 0 Å². The van der Waals surface area contributed by atoms with Gasteiger partial charge < -0.3 is 10.4 Å². The summed E-state index contributed by atoms with van der Waals surface area (Å²) in [7, 11) is 0. The van der Waals surface area contributed by atoms with Crippen molar-refractivity contribution < 1.29 is 19.6 Å². The minimum absolute atomic E-state index is 0.0425. The maximum Gasteiger partial charge on any atom is 0.329 e. The van der Waals surface area contributed by atoms with Gasteiger partial charge in [-0.05, 0) is 12.5 Å². The van der Waals surface area contributed by atoms with Crippen molar-refractivity contribution in [1.29, 1.82) is 0 Å². The van der Waals surface area contributed by atoms with Gasteiger partial charge >= 0.3 is 11.8 Å². The molecular weight excluding hydrogens is 292 g/mol. The lowest BCUT2D eigenvalue weighted by atomic mass is 10.2. The number of non-ortho nitro benzene ring substituents is 1. The van der Waals surface area contributed by atoms with Crippen molar-refractivity contribution >= 4 is 23.7 Å². The molecule has 0 saturated heterocycles. The fraction of sp³-hybridized carbons (Fsp3) is 0.308. The SMILES string of the molecule is CCCCNC(=O)C(=O)NN=Cc1cc([N+](=O)[O-])ccc1O. The van der Waals surface area contributed by atoms with E-state index in [1.807, 2.05) is 12.3 Å². The predicted octanol–water partition coefficient (Wildman–Crippen LogP) is 0.667. The van der Waals surface area contributed by atoms with Crippen LogP contribution in [0.15, 0.2) is 23.3 Å². The van der Waals surface area contributed by atoms with Gasteiger partial charge in [0, 0.05) is 24.2 Å². The highest BCUT2D eigenvalue weighted by Gasteiger charge is 2.12. The number of hydrazone groups is 1. The van der Waals surface area contributed by atoms with Gasteiger partial charge in [0.15, 0.2) is 0 Å². The molecule has 0 bridgehead atoms. The highest BCUT2D eigenvalue weighted by Crippen LogP contribution is 2.21. The highest BCUT2D eigenvalue weighted by atomic mass is 16.6. The number of nitro groups is 1. The third-order valence-electron chi connectivity index (χ3n) is 2.61. The average molecular weight is 308 g/mol. The first-order chi connectivity index (χ1) is 10.5. The number of benzene rings is 1. The van der Waals surface area contributed by atoms with Gasteiger partial charge in [-0.3, -0.25) is 19.7 Å². The maximum atomic E-state index is 11.4. The highest BCUT2D eigenvalue weighted by molar-refractivity contribution is 6.35. The minimum atomic E-state index is -0.961. The molecule has 1 aromatic rings. The lowest BCUT2D eigenvalue weighted by Gasteiger charge is -2.02. The van der Waals surface area contributed by atoms with Crippen LogP contribution in [0.5, 0.6) is 5.75 Å². The van der Waals surface area contributed by atoms with E-state index in [1.54, 1.807) is 0 Å². The van der Waals surface area contributed by atoms with Crippen molar-refractivity contribution in [2.24, 2.45) is 5.10 Å². The summed E-state index contributed by atoms with van der Waals surface area (Å²) in [6.45, 7) is 2.33. The summed E-state index contributed by atoms with van der Waals surface area (Å²) in [5, 5.41) is 26.0. The molecule has 1 aromatic carbocycles. The van der Waals surface area contributed by atoms with Crippen molar-refractivity contribution in [3.63, 3.8) is 0 Å². The molecule has 22 heavy (non-hydrogen) atoms. The summed E-state index contributed by atoms with van der Waals surface area (Å²) in [4.78, 5) is 32.7. The third-order valence-corrected chi connectivity index (χ3v) is 2.61. The molecule has 0 atom stereocenters. The van der Waals surface area contributed by atoms with Crippen LogP contribution in [0.2, 0.25) is 0 Å². The van der Waals surface area contributed by atoms with Gasteiger partial charge in [-0.25, -0.2) is 5.43 Å². The van der Waals surface area contributed by atoms with Crippen LogP contribution in [0.3, 0.4) is 0 Å². The Bertz CT molecular complexity index is 600. The fourth-order valence-corrected chi connectivity index (χ4v) is 1.43. The minimum Gasteiger partial charge on any atom is -0.507 e. The summed E-state index contributed by atoms with van der Waals surface area (Å²) in [5.74, 6) is -2.03. The maximum absolute atomic E-state index is 11.4. The van der Waals surface area contributed by atoms with E-state index in [0.717, 1.165) is 37.3 Å². The van der Waals surface area contributed by atoms with Crippen LogP contribution in [-0.2, 0) is 9.59 Å². The van der Waals surface area contributed by atoms with Crippen molar-refractivity contribution in [3.05, 3.63) is 33.9 Å². The standard InChI is InChI=1S/C13H16N4O5/c1-2-3-6-14-12(19)13(20)16-15-8-9-7-10(17(21)22)4-5-11(9)18/h4-5,7-8,18H,2-3,6H2,1H3,(H,14,19)(H,16,20). The second kappa shape index (κ2) is 8.35.